The first kappa shape index (κ1) is 15.7. The maximum atomic E-state index is 12.8. The number of carbonyl (C=O) groups excluding carboxylic acids is 1. The van der Waals surface area contributed by atoms with Crippen LogP contribution < -0.4 is 9.88 Å². The molecule has 1 aliphatic rings. The summed E-state index contributed by atoms with van der Waals surface area (Å²) >= 11 is 1.62. The molecule has 2 unspecified atom stereocenters. The van der Waals surface area contributed by atoms with Gasteiger partial charge in [0.15, 0.2) is 0 Å². The lowest BCUT2D eigenvalue weighted by Gasteiger charge is -2.29. The van der Waals surface area contributed by atoms with Crippen LogP contribution in [-0.4, -0.2) is 17.6 Å². The van der Waals surface area contributed by atoms with Crippen LogP contribution >= 0.6 is 11.3 Å². The molecule has 4 rings (SSSR count). The number of aromatic amines is 1. The Bertz CT molecular complexity index is 958. The summed E-state index contributed by atoms with van der Waals surface area (Å²) in [4.78, 5) is 17.2. The van der Waals surface area contributed by atoms with Crippen LogP contribution in [0.15, 0.2) is 66.7 Å². The fraction of sp³-hybridized carbons (Fsp3) is 0.158. The zero-order valence-electron chi connectivity index (χ0n) is 13.6. The molecule has 0 bridgehead atoms. The summed E-state index contributed by atoms with van der Waals surface area (Å²) in [5.74, 6) is -0.00749. The van der Waals surface area contributed by atoms with E-state index in [1.54, 1.807) is 17.4 Å². The molecular formula is C19H18N3O2S+. The molecule has 3 heterocycles. The highest BCUT2D eigenvalue weighted by molar-refractivity contribution is 7.10. The number of carbonyl (C=O) groups is 1. The second-order valence-electron chi connectivity index (χ2n) is 5.87. The summed E-state index contributed by atoms with van der Waals surface area (Å²) in [7, 11) is 0. The largest absolute Gasteiger partial charge is 0.461 e. The molecule has 25 heavy (non-hydrogen) atoms. The van der Waals surface area contributed by atoms with E-state index in [9.17, 15) is 4.79 Å². The minimum Gasteiger partial charge on any atom is -0.461 e. The molecule has 0 saturated heterocycles. The summed E-state index contributed by atoms with van der Waals surface area (Å²) in [5, 5.41) is 5.25. The van der Waals surface area contributed by atoms with Crippen LogP contribution in [-0.2, 0) is 9.53 Å². The van der Waals surface area contributed by atoms with Gasteiger partial charge < -0.3 is 4.74 Å². The topological polar surface area (TPSA) is 58.0 Å². The Morgan fingerprint density at radius 2 is 2.16 bits per heavy atom. The molecule has 0 amide bonds. The zero-order chi connectivity index (χ0) is 17.4. The highest BCUT2D eigenvalue weighted by Gasteiger charge is 2.45. The third-order valence-corrected chi connectivity index (χ3v) is 5.28. The lowest BCUT2D eigenvalue weighted by Crippen LogP contribution is -2.52. The van der Waals surface area contributed by atoms with E-state index in [1.165, 1.54) is 0 Å². The first-order valence-electron chi connectivity index (χ1n) is 7.99. The number of hydrogen-bond donors (Lipinski definition) is 2. The highest BCUT2D eigenvalue weighted by atomic mass is 32.1. The van der Waals surface area contributed by atoms with Gasteiger partial charge >= 0.3 is 11.9 Å². The van der Waals surface area contributed by atoms with Gasteiger partial charge in [0, 0.05) is 4.88 Å². The van der Waals surface area contributed by atoms with Crippen LogP contribution in [0.5, 0.6) is 0 Å². The van der Waals surface area contributed by atoms with E-state index in [1.807, 2.05) is 41.8 Å². The first-order chi connectivity index (χ1) is 12.2. The van der Waals surface area contributed by atoms with E-state index in [-0.39, 0.29) is 18.6 Å². The maximum absolute atomic E-state index is 12.8. The SMILES string of the molecule is C=CCOC(=O)C1C(=C)Nc2[nH]c3ccccc3[n+]2C1c1cccs1. The van der Waals surface area contributed by atoms with Gasteiger partial charge in [-0.25, -0.2) is 14.9 Å². The summed E-state index contributed by atoms with van der Waals surface area (Å²) in [5.41, 5.74) is 2.65. The summed E-state index contributed by atoms with van der Waals surface area (Å²) in [6, 6.07) is 11.8. The number of H-pyrrole nitrogens is 1. The van der Waals surface area contributed by atoms with Crippen molar-refractivity contribution >= 4 is 34.3 Å². The summed E-state index contributed by atoms with van der Waals surface area (Å²) in [6.07, 6.45) is 1.57. The van der Waals surface area contributed by atoms with Crippen molar-refractivity contribution in [1.29, 1.82) is 0 Å². The number of esters is 1. The van der Waals surface area contributed by atoms with E-state index in [4.69, 9.17) is 4.74 Å². The number of aromatic nitrogens is 2. The molecule has 0 fully saturated rings. The number of thiophene rings is 1. The van der Waals surface area contributed by atoms with E-state index < -0.39 is 5.92 Å². The summed E-state index contributed by atoms with van der Waals surface area (Å²) < 4.78 is 7.48. The zero-order valence-corrected chi connectivity index (χ0v) is 14.4. The van der Waals surface area contributed by atoms with Gasteiger partial charge in [-0.3, -0.25) is 4.79 Å². The second kappa shape index (κ2) is 6.22. The first-order valence-corrected chi connectivity index (χ1v) is 8.87. The fourth-order valence-corrected chi connectivity index (χ4v) is 4.15. The monoisotopic (exact) mass is 352 g/mol. The lowest BCUT2D eigenvalue weighted by molar-refractivity contribution is -0.681. The number of para-hydroxylation sites is 2. The molecule has 0 saturated carbocycles. The third-order valence-electron chi connectivity index (χ3n) is 4.34. The normalized spacial score (nSPS) is 19.3. The minimum atomic E-state index is -0.518. The van der Waals surface area contributed by atoms with Gasteiger partial charge in [-0.05, 0) is 23.6 Å². The smallest absolute Gasteiger partial charge is 0.361 e. The average molecular weight is 352 g/mol. The van der Waals surface area contributed by atoms with Crippen LogP contribution in [0.4, 0.5) is 5.95 Å². The van der Waals surface area contributed by atoms with Crippen molar-refractivity contribution in [3.8, 4) is 0 Å². The van der Waals surface area contributed by atoms with Gasteiger partial charge in [0.25, 0.3) is 0 Å². The maximum Gasteiger partial charge on any atom is 0.361 e. The molecule has 0 radical (unpaired) electrons. The molecule has 126 valence electrons. The standard InChI is InChI=1S/C19H17N3O2S/c1-3-10-24-18(23)16-12(2)20-19-21-13-7-4-5-8-14(13)22(19)17(16)15-9-6-11-25-15/h3-9,11,16-17H,1-2,10H2,(H,20,21)/p+1. The molecular weight excluding hydrogens is 334 g/mol. The van der Waals surface area contributed by atoms with Gasteiger partial charge in [0.05, 0.1) is 5.70 Å². The van der Waals surface area contributed by atoms with Crippen molar-refractivity contribution in [1.82, 2.24) is 4.98 Å². The van der Waals surface area contributed by atoms with E-state index in [2.05, 4.69) is 28.0 Å². The van der Waals surface area contributed by atoms with Crippen LogP contribution in [0.3, 0.4) is 0 Å². The number of rotatable bonds is 4. The van der Waals surface area contributed by atoms with Gasteiger partial charge in [0.1, 0.15) is 29.6 Å². The predicted molar refractivity (Wildman–Crippen MR) is 98.4 cm³/mol. The van der Waals surface area contributed by atoms with Crippen LogP contribution in [0.25, 0.3) is 11.0 Å². The number of ether oxygens (including phenoxy) is 1. The molecule has 2 atom stereocenters. The number of fused-ring (bicyclic) bond motifs is 3. The number of nitrogens with zero attached hydrogens (tertiary/aromatic N) is 1. The minimum absolute atomic E-state index is 0.186. The molecule has 0 spiro atoms. The van der Waals surface area contributed by atoms with Crippen molar-refractivity contribution in [3.63, 3.8) is 0 Å². The molecule has 6 heteroatoms. The average Bonchev–Trinajstić information content (AvgIpc) is 3.25. The van der Waals surface area contributed by atoms with E-state index in [0.717, 1.165) is 21.9 Å². The molecule has 3 aromatic rings. The Kier molecular flexibility index (Phi) is 3.89. The van der Waals surface area contributed by atoms with Gasteiger partial charge in [-0.1, -0.05) is 37.4 Å². The Morgan fingerprint density at radius 3 is 2.92 bits per heavy atom. The van der Waals surface area contributed by atoms with Crippen molar-refractivity contribution in [3.05, 3.63) is 71.6 Å². The number of anilines is 1. The number of benzene rings is 1. The second-order valence-corrected chi connectivity index (χ2v) is 6.85. The van der Waals surface area contributed by atoms with Crippen molar-refractivity contribution in [2.24, 2.45) is 5.92 Å². The van der Waals surface area contributed by atoms with Crippen molar-refractivity contribution < 1.29 is 14.1 Å². The van der Waals surface area contributed by atoms with Crippen molar-refractivity contribution in [2.75, 3.05) is 11.9 Å². The summed E-state index contributed by atoms with van der Waals surface area (Å²) in [6.45, 7) is 7.88. The highest BCUT2D eigenvalue weighted by Crippen LogP contribution is 2.37. The van der Waals surface area contributed by atoms with Gasteiger partial charge in [-0.15, -0.1) is 11.3 Å². The number of hydrogen-bond acceptors (Lipinski definition) is 4. The predicted octanol–water partition coefficient (Wildman–Crippen LogP) is 3.39. The van der Waals surface area contributed by atoms with Gasteiger partial charge in [-0.2, -0.15) is 0 Å². The molecule has 2 N–H and O–H groups in total. The number of nitrogens with one attached hydrogen (secondary N) is 2. The van der Waals surface area contributed by atoms with Crippen molar-refractivity contribution in [2.45, 2.75) is 6.04 Å². The molecule has 1 aromatic carbocycles. The Morgan fingerprint density at radius 1 is 1.32 bits per heavy atom. The Labute approximate surface area is 149 Å². The van der Waals surface area contributed by atoms with Crippen LogP contribution in [0.1, 0.15) is 10.9 Å². The molecule has 5 nitrogen and oxygen atoms in total. The number of imidazole rings is 1. The van der Waals surface area contributed by atoms with Gasteiger partial charge in [0.2, 0.25) is 0 Å². The molecule has 1 aliphatic heterocycles. The third kappa shape index (κ3) is 2.55. The van der Waals surface area contributed by atoms with E-state index in [0.29, 0.717) is 5.70 Å². The quantitative estimate of drug-likeness (QED) is 0.430. The van der Waals surface area contributed by atoms with E-state index >= 15 is 0 Å². The Hall–Kier alpha value is -2.86. The fourth-order valence-electron chi connectivity index (χ4n) is 3.30. The Balaban J connectivity index is 1.90. The van der Waals surface area contributed by atoms with Crippen LogP contribution in [0.2, 0.25) is 0 Å². The lowest BCUT2D eigenvalue weighted by atomic mass is 9.93. The molecule has 0 aliphatic carbocycles. The molecule has 2 aromatic heterocycles. The van der Waals surface area contributed by atoms with Crippen LogP contribution in [0, 0.1) is 5.92 Å².